The minimum atomic E-state index is -0.0490. The summed E-state index contributed by atoms with van der Waals surface area (Å²) >= 11 is 0. The van der Waals surface area contributed by atoms with Crippen molar-refractivity contribution in [1.82, 2.24) is 10.2 Å². The Morgan fingerprint density at radius 3 is 2.39 bits per heavy atom. The molecule has 0 bridgehead atoms. The van der Waals surface area contributed by atoms with Crippen LogP contribution in [0.3, 0.4) is 0 Å². The second-order valence-electron chi connectivity index (χ2n) is 11.0. The van der Waals surface area contributed by atoms with Crippen LogP contribution in [0.5, 0.6) is 0 Å². The number of amides is 2. The SMILES string of the molecule is Cc1ccc(CN2C(=O)/C(=C\c3ccc(C(=O)NC4CCC(C)CC4)cc3)OC3CCCCC32)cc1. The second kappa shape index (κ2) is 10.9. The molecule has 3 aliphatic rings. The largest absolute Gasteiger partial charge is 0.482 e. The van der Waals surface area contributed by atoms with Crippen LogP contribution >= 0.6 is 0 Å². The second-order valence-corrected chi connectivity index (χ2v) is 11.0. The molecular weight excluding hydrogens is 448 g/mol. The maximum absolute atomic E-state index is 13.5. The molecule has 5 rings (SSSR count). The summed E-state index contributed by atoms with van der Waals surface area (Å²) in [4.78, 5) is 28.3. The van der Waals surface area contributed by atoms with Crippen LogP contribution in [0.2, 0.25) is 0 Å². The molecule has 5 nitrogen and oxygen atoms in total. The molecule has 5 heteroatoms. The van der Waals surface area contributed by atoms with Gasteiger partial charge in [0.25, 0.3) is 11.8 Å². The Balaban J connectivity index is 1.30. The van der Waals surface area contributed by atoms with Crippen molar-refractivity contribution in [2.24, 2.45) is 5.92 Å². The predicted molar refractivity (Wildman–Crippen MR) is 142 cm³/mol. The molecule has 1 aliphatic heterocycles. The number of aryl methyl sites for hydroxylation is 1. The minimum Gasteiger partial charge on any atom is -0.482 e. The van der Waals surface area contributed by atoms with Gasteiger partial charge in [0, 0.05) is 18.2 Å². The van der Waals surface area contributed by atoms with Gasteiger partial charge in [0.15, 0.2) is 5.76 Å². The van der Waals surface area contributed by atoms with E-state index in [0.717, 1.165) is 55.6 Å². The fourth-order valence-corrected chi connectivity index (χ4v) is 5.81. The van der Waals surface area contributed by atoms with Crippen LogP contribution in [-0.2, 0) is 16.1 Å². The van der Waals surface area contributed by atoms with Gasteiger partial charge in [-0.2, -0.15) is 0 Å². The van der Waals surface area contributed by atoms with E-state index in [1.165, 1.54) is 18.4 Å². The maximum atomic E-state index is 13.5. The summed E-state index contributed by atoms with van der Waals surface area (Å²) in [7, 11) is 0. The number of nitrogens with one attached hydrogen (secondary N) is 1. The maximum Gasteiger partial charge on any atom is 0.289 e. The molecule has 2 aromatic carbocycles. The molecule has 190 valence electrons. The zero-order valence-corrected chi connectivity index (χ0v) is 21.5. The number of fused-ring (bicyclic) bond motifs is 1. The molecule has 3 fully saturated rings. The summed E-state index contributed by atoms with van der Waals surface area (Å²) in [5, 5.41) is 3.19. The molecule has 36 heavy (non-hydrogen) atoms. The first-order valence-electron chi connectivity index (χ1n) is 13.6. The third-order valence-electron chi connectivity index (χ3n) is 8.11. The number of morpholine rings is 1. The average Bonchev–Trinajstić information content (AvgIpc) is 2.89. The van der Waals surface area contributed by atoms with Gasteiger partial charge in [-0.05, 0) is 87.1 Å². The number of carbonyl (C=O) groups is 2. The molecule has 2 amide bonds. The van der Waals surface area contributed by atoms with Crippen LogP contribution < -0.4 is 5.32 Å². The topological polar surface area (TPSA) is 58.6 Å². The predicted octanol–water partition coefficient (Wildman–Crippen LogP) is 6.01. The van der Waals surface area contributed by atoms with E-state index in [9.17, 15) is 9.59 Å². The van der Waals surface area contributed by atoms with Crippen LogP contribution in [0, 0.1) is 12.8 Å². The fourth-order valence-electron chi connectivity index (χ4n) is 5.81. The lowest BCUT2D eigenvalue weighted by atomic mass is 9.87. The molecule has 2 aromatic rings. The van der Waals surface area contributed by atoms with E-state index in [-0.39, 0.29) is 30.0 Å². The van der Waals surface area contributed by atoms with Crippen LogP contribution in [-0.4, -0.2) is 34.9 Å². The van der Waals surface area contributed by atoms with Crippen molar-refractivity contribution in [3.05, 3.63) is 76.5 Å². The van der Waals surface area contributed by atoms with Crippen molar-refractivity contribution in [2.45, 2.75) is 89.9 Å². The van der Waals surface area contributed by atoms with Crippen LogP contribution in [0.25, 0.3) is 6.08 Å². The zero-order chi connectivity index (χ0) is 25.1. The highest BCUT2D eigenvalue weighted by molar-refractivity contribution is 5.97. The van der Waals surface area contributed by atoms with Crippen molar-refractivity contribution in [3.63, 3.8) is 0 Å². The first-order chi connectivity index (χ1) is 17.5. The van der Waals surface area contributed by atoms with Crippen LogP contribution in [0.15, 0.2) is 54.3 Å². The van der Waals surface area contributed by atoms with Crippen molar-refractivity contribution >= 4 is 17.9 Å². The normalized spacial score (nSPS) is 27.3. The lowest BCUT2D eigenvalue weighted by molar-refractivity contribution is -0.149. The molecular formula is C31H38N2O3. The first kappa shape index (κ1) is 24.6. The Morgan fingerprint density at radius 2 is 1.67 bits per heavy atom. The number of rotatable bonds is 5. The van der Waals surface area contributed by atoms with Gasteiger partial charge in [0.05, 0.1) is 6.04 Å². The van der Waals surface area contributed by atoms with Crippen molar-refractivity contribution in [3.8, 4) is 0 Å². The number of hydrogen-bond donors (Lipinski definition) is 1. The first-order valence-corrected chi connectivity index (χ1v) is 13.6. The van der Waals surface area contributed by atoms with Gasteiger partial charge < -0.3 is 15.0 Å². The molecule has 2 aliphatic carbocycles. The summed E-state index contributed by atoms with van der Waals surface area (Å²) < 4.78 is 6.27. The van der Waals surface area contributed by atoms with E-state index >= 15 is 0 Å². The van der Waals surface area contributed by atoms with Crippen LogP contribution in [0.4, 0.5) is 0 Å². The van der Waals surface area contributed by atoms with Gasteiger partial charge in [-0.15, -0.1) is 0 Å². The van der Waals surface area contributed by atoms with Gasteiger partial charge in [0.2, 0.25) is 0 Å². The fraction of sp³-hybridized carbons (Fsp3) is 0.484. The van der Waals surface area contributed by atoms with Gasteiger partial charge in [-0.1, -0.05) is 55.3 Å². The number of carbonyl (C=O) groups excluding carboxylic acids is 2. The lowest BCUT2D eigenvalue weighted by Gasteiger charge is -2.44. The molecule has 1 heterocycles. The van der Waals surface area contributed by atoms with E-state index in [4.69, 9.17) is 4.74 Å². The summed E-state index contributed by atoms with van der Waals surface area (Å²) in [6, 6.07) is 16.3. The van der Waals surface area contributed by atoms with Gasteiger partial charge in [0.1, 0.15) is 6.10 Å². The van der Waals surface area contributed by atoms with Crippen molar-refractivity contribution in [1.29, 1.82) is 0 Å². The average molecular weight is 487 g/mol. The Hall–Kier alpha value is -3.08. The summed E-state index contributed by atoms with van der Waals surface area (Å²) in [6.45, 7) is 4.95. The highest BCUT2D eigenvalue weighted by Gasteiger charge is 2.41. The summed E-state index contributed by atoms with van der Waals surface area (Å²) in [6.07, 6.45) is 10.5. The Labute approximate surface area is 214 Å². The Bertz CT molecular complexity index is 1100. The van der Waals surface area contributed by atoms with E-state index in [1.54, 1.807) is 0 Å². The standard InChI is InChI=1S/C31H38N2O3/c1-21-7-11-24(12-8-21)20-33-27-5-3-4-6-28(27)36-29(31(33)35)19-23-13-15-25(16-14-23)30(34)32-26-17-9-22(2)10-18-26/h7-8,11-16,19,22,26-28H,3-6,9-10,17-18,20H2,1-2H3,(H,32,34)/b29-19+. The highest BCUT2D eigenvalue weighted by Crippen LogP contribution is 2.34. The number of ether oxygens (including phenoxy) is 1. The highest BCUT2D eigenvalue weighted by atomic mass is 16.5. The van der Waals surface area contributed by atoms with Gasteiger partial charge in [-0.3, -0.25) is 9.59 Å². The quantitative estimate of drug-likeness (QED) is 0.526. The van der Waals surface area contributed by atoms with E-state index < -0.39 is 0 Å². The number of hydrogen-bond acceptors (Lipinski definition) is 3. The number of nitrogens with zero attached hydrogens (tertiary/aromatic N) is 1. The van der Waals surface area contributed by atoms with Gasteiger partial charge in [-0.25, -0.2) is 0 Å². The zero-order valence-electron chi connectivity index (χ0n) is 21.5. The molecule has 2 unspecified atom stereocenters. The Kier molecular flexibility index (Phi) is 7.45. The molecule has 0 spiro atoms. The molecule has 1 saturated heterocycles. The van der Waals surface area contributed by atoms with Gasteiger partial charge >= 0.3 is 0 Å². The molecule has 2 saturated carbocycles. The van der Waals surface area contributed by atoms with Crippen molar-refractivity contribution < 1.29 is 14.3 Å². The molecule has 1 N–H and O–H groups in total. The lowest BCUT2D eigenvalue weighted by Crippen LogP contribution is -2.54. The summed E-state index contributed by atoms with van der Waals surface area (Å²) in [5.74, 6) is 1.09. The third kappa shape index (κ3) is 5.66. The number of benzene rings is 2. The van der Waals surface area contributed by atoms with E-state index in [1.807, 2.05) is 35.2 Å². The van der Waals surface area contributed by atoms with Crippen molar-refractivity contribution in [2.75, 3.05) is 0 Å². The minimum absolute atomic E-state index is 0.0203. The van der Waals surface area contributed by atoms with E-state index in [0.29, 0.717) is 17.9 Å². The monoisotopic (exact) mass is 486 g/mol. The molecule has 0 aromatic heterocycles. The molecule has 0 radical (unpaired) electrons. The molecule has 2 atom stereocenters. The third-order valence-corrected chi connectivity index (χ3v) is 8.11. The van der Waals surface area contributed by atoms with E-state index in [2.05, 4.69) is 43.4 Å². The Morgan fingerprint density at radius 1 is 0.972 bits per heavy atom. The smallest absolute Gasteiger partial charge is 0.289 e. The summed E-state index contributed by atoms with van der Waals surface area (Å²) in [5.41, 5.74) is 3.88. The van der Waals surface area contributed by atoms with Crippen LogP contribution in [0.1, 0.15) is 85.3 Å².